The number of Topliss-reactive ketones (excluding diaryl/α,β-unsaturated/α-hetero) is 1. The van der Waals surface area contributed by atoms with Crippen LogP contribution in [0.3, 0.4) is 0 Å². The number of nitrogens with one attached hydrogen (secondary N) is 1. The first-order valence-corrected chi connectivity index (χ1v) is 9.94. The smallest absolute Gasteiger partial charge is 0.300 e. The number of nitrogens with zero attached hydrogens (tertiary/aromatic N) is 1. The summed E-state index contributed by atoms with van der Waals surface area (Å²) in [4.78, 5) is 51.8. The highest BCUT2D eigenvalue weighted by Gasteiger charge is 2.40. The van der Waals surface area contributed by atoms with E-state index in [0.717, 1.165) is 36.1 Å². The highest BCUT2D eigenvalue weighted by atomic mass is 32.1. The van der Waals surface area contributed by atoms with E-state index in [1.54, 1.807) is 31.2 Å². The number of aryl methyl sites for hydroxylation is 1. The number of fused-ring (bicyclic) bond motifs is 2. The number of primary amides is 1. The van der Waals surface area contributed by atoms with Gasteiger partial charge in [-0.05, 0) is 50.3 Å². The van der Waals surface area contributed by atoms with Crippen molar-refractivity contribution >= 4 is 45.5 Å². The van der Waals surface area contributed by atoms with Crippen LogP contribution in [0.5, 0.6) is 0 Å². The lowest BCUT2D eigenvalue weighted by Gasteiger charge is -2.23. The average Bonchev–Trinajstić information content (AvgIpc) is 3.16. The zero-order valence-electron chi connectivity index (χ0n) is 15.3. The van der Waals surface area contributed by atoms with Crippen LogP contribution < -0.4 is 16.0 Å². The summed E-state index contributed by atoms with van der Waals surface area (Å²) in [5.41, 5.74) is 7.56. The largest absolute Gasteiger partial charge is 0.365 e. The third-order valence-electron chi connectivity index (χ3n) is 5.24. The number of anilines is 2. The highest BCUT2D eigenvalue weighted by molar-refractivity contribution is 7.17. The Hall–Kier alpha value is -3.00. The van der Waals surface area contributed by atoms with Crippen LogP contribution in [0.4, 0.5) is 10.7 Å². The van der Waals surface area contributed by atoms with Gasteiger partial charge in [-0.3, -0.25) is 24.1 Å². The number of hydrogen-bond acceptors (Lipinski definition) is 5. The Balaban J connectivity index is 1.63. The van der Waals surface area contributed by atoms with Crippen molar-refractivity contribution in [2.45, 2.75) is 38.6 Å². The molecule has 0 saturated heterocycles. The number of thiophene rings is 1. The molecule has 1 aromatic carbocycles. The molecule has 0 radical (unpaired) electrons. The minimum Gasteiger partial charge on any atom is -0.365 e. The standard InChI is InChI=1S/C20H19N3O4S/c1-10(23-13-8-4-2-6-11(13)16(24)20(23)27)18(26)22-19-15(17(21)25)12-7-3-5-9-14(12)28-19/h2,4,6,8,10H,3,5,7,9H2,1H3,(H2,21,25)(H,22,26). The molecular weight excluding hydrogens is 378 g/mol. The molecule has 8 heteroatoms. The molecule has 2 heterocycles. The van der Waals surface area contributed by atoms with Crippen LogP contribution in [0.15, 0.2) is 24.3 Å². The molecule has 7 nitrogen and oxygen atoms in total. The molecule has 3 N–H and O–H groups in total. The van der Waals surface area contributed by atoms with Gasteiger partial charge in [-0.2, -0.15) is 0 Å². The summed E-state index contributed by atoms with van der Waals surface area (Å²) in [7, 11) is 0. The van der Waals surface area contributed by atoms with Crippen molar-refractivity contribution in [2.24, 2.45) is 5.73 Å². The molecule has 1 aromatic heterocycles. The van der Waals surface area contributed by atoms with Gasteiger partial charge in [-0.25, -0.2) is 0 Å². The van der Waals surface area contributed by atoms with E-state index in [-0.39, 0.29) is 5.56 Å². The third kappa shape index (κ3) is 2.80. The fourth-order valence-corrected chi connectivity index (χ4v) is 5.14. The molecule has 0 saturated carbocycles. The molecule has 1 aliphatic heterocycles. The molecule has 1 unspecified atom stereocenters. The van der Waals surface area contributed by atoms with Crippen molar-refractivity contribution in [3.05, 3.63) is 45.8 Å². The number of benzene rings is 1. The second-order valence-corrected chi connectivity index (χ2v) is 8.07. The molecular formula is C20H19N3O4S. The maximum Gasteiger partial charge on any atom is 0.300 e. The van der Waals surface area contributed by atoms with Gasteiger partial charge in [0, 0.05) is 4.88 Å². The fraction of sp³-hybridized carbons (Fsp3) is 0.300. The highest BCUT2D eigenvalue weighted by Crippen LogP contribution is 2.38. The Morgan fingerprint density at radius 3 is 2.64 bits per heavy atom. The predicted molar refractivity (Wildman–Crippen MR) is 106 cm³/mol. The lowest BCUT2D eigenvalue weighted by molar-refractivity contribution is -0.120. The van der Waals surface area contributed by atoms with Gasteiger partial charge in [-0.15, -0.1) is 11.3 Å². The van der Waals surface area contributed by atoms with Gasteiger partial charge in [0.25, 0.3) is 17.6 Å². The summed E-state index contributed by atoms with van der Waals surface area (Å²) >= 11 is 1.36. The van der Waals surface area contributed by atoms with Crippen molar-refractivity contribution in [1.29, 1.82) is 0 Å². The first-order valence-electron chi connectivity index (χ1n) is 9.12. The third-order valence-corrected chi connectivity index (χ3v) is 6.45. The molecule has 2 aromatic rings. The number of rotatable bonds is 4. The Morgan fingerprint density at radius 2 is 1.89 bits per heavy atom. The molecule has 28 heavy (non-hydrogen) atoms. The van der Waals surface area contributed by atoms with E-state index >= 15 is 0 Å². The van der Waals surface area contributed by atoms with Gasteiger partial charge in [-0.1, -0.05) is 12.1 Å². The number of carbonyl (C=O) groups excluding carboxylic acids is 4. The lowest BCUT2D eigenvalue weighted by Crippen LogP contribution is -2.45. The number of ketones is 1. The van der Waals surface area contributed by atoms with Crippen molar-refractivity contribution in [3.8, 4) is 0 Å². The van der Waals surface area contributed by atoms with Gasteiger partial charge < -0.3 is 11.1 Å². The molecule has 1 aliphatic carbocycles. The quantitative estimate of drug-likeness (QED) is 0.771. The molecule has 144 valence electrons. The molecule has 4 rings (SSSR count). The summed E-state index contributed by atoms with van der Waals surface area (Å²) in [6.45, 7) is 1.56. The van der Waals surface area contributed by atoms with Gasteiger partial charge in [0.15, 0.2) is 0 Å². The minimum atomic E-state index is -0.917. The van der Waals surface area contributed by atoms with Crippen LogP contribution in [-0.2, 0) is 22.4 Å². The molecule has 1 atom stereocenters. The average molecular weight is 397 g/mol. The number of amides is 3. The van der Waals surface area contributed by atoms with Crippen LogP contribution in [0.2, 0.25) is 0 Å². The maximum absolute atomic E-state index is 12.9. The summed E-state index contributed by atoms with van der Waals surface area (Å²) in [6, 6.07) is 5.67. The molecule has 0 spiro atoms. The summed E-state index contributed by atoms with van der Waals surface area (Å²) < 4.78 is 0. The van der Waals surface area contributed by atoms with E-state index in [1.807, 2.05) is 0 Å². The topological polar surface area (TPSA) is 110 Å². The fourth-order valence-electron chi connectivity index (χ4n) is 3.84. The molecule has 0 bridgehead atoms. The second kappa shape index (κ2) is 6.87. The minimum absolute atomic E-state index is 0.288. The van der Waals surface area contributed by atoms with Gasteiger partial charge in [0.1, 0.15) is 11.0 Å². The van der Waals surface area contributed by atoms with E-state index in [2.05, 4.69) is 5.32 Å². The van der Waals surface area contributed by atoms with Crippen molar-refractivity contribution in [3.63, 3.8) is 0 Å². The van der Waals surface area contributed by atoms with E-state index in [0.29, 0.717) is 16.3 Å². The summed E-state index contributed by atoms with van der Waals surface area (Å²) in [5.74, 6) is -2.40. The van der Waals surface area contributed by atoms with Gasteiger partial charge in [0.2, 0.25) is 5.91 Å². The van der Waals surface area contributed by atoms with Crippen molar-refractivity contribution in [1.82, 2.24) is 0 Å². The van der Waals surface area contributed by atoms with Crippen LogP contribution in [0.25, 0.3) is 0 Å². The number of para-hydroxylation sites is 1. The van der Waals surface area contributed by atoms with E-state index < -0.39 is 29.5 Å². The Kier molecular flexibility index (Phi) is 4.50. The van der Waals surface area contributed by atoms with Crippen LogP contribution in [-0.4, -0.2) is 29.5 Å². The maximum atomic E-state index is 12.9. The van der Waals surface area contributed by atoms with Gasteiger partial charge in [0.05, 0.1) is 16.8 Å². The van der Waals surface area contributed by atoms with E-state index in [9.17, 15) is 19.2 Å². The zero-order chi connectivity index (χ0) is 20.0. The van der Waals surface area contributed by atoms with Crippen LogP contribution in [0.1, 0.15) is 50.9 Å². The summed E-state index contributed by atoms with van der Waals surface area (Å²) in [6.07, 6.45) is 3.64. The van der Waals surface area contributed by atoms with Crippen molar-refractivity contribution < 1.29 is 19.2 Å². The number of hydrogen-bond donors (Lipinski definition) is 2. The van der Waals surface area contributed by atoms with Crippen LogP contribution >= 0.6 is 11.3 Å². The zero-order valence-corrected chi connectivity index (χ0v) is 16.1. The molecule has 0 fully saturated rings. The first kappa shape index (κ1) is 18.4. The predicted octanol–water partition coefficient (Wildman–Crippen LogP) is 2.28. The lowest BCUT2D eigenvalue weighted by atomic mass is 9.95. The molecule has 3 amide bonds. The number of nitrogens with two attached hydrogens (primary N) is 1. The Bertz CT molecular complexity index is 1030. The van der Waals surface area contributed by atoms with Crippen LogP contribution in [0, 0.1) is 0 Å². The van der Waals surface area contributed by atoms with E-state index in [4.69, 9.17) is 5.73 Å². The van der Waals surface area contributed by atoms with Crippen molar-refractivity contribution in [2.75, 3.05) is 10.2 Å². The van der Waals surface area contributed by atoms with Gasteiger partial charge >= 0.3 is 0 Å². The SMILES string of the molecule is CC(C(=O)Nc1sc2c(c1C(N)=O)CCCC2)N1C(=O)C(=O)c2ccccc21. The Labute approximate surface area is 165 Å². The summed E-state index contributed by atoms with van der Waals surface area (Å²) in [5, 5.41) is 3.18. The second-order valence-electron chi connectivity index (χ2n) is 6.97. The molecule has 2 aliphatic rings. The normalized spacial score (nSPS) is 16.5. The monoisotopic (exact) mass is 397 g/mol. The number of carbonyl (C=O) groups is 4. The first-order chi connectivity index (χ1) is 13.4. The van der Waals surface area contributed by atoms with E-state index in [1.165, 1.54) is 16.2 Å². The Morgan fingerprint density at radius 1 is 1.18 bits per heavy atom.